The highest BCUT2D eigenvalue weighted by Crippen LogP contribution is 2.29. The van der Waals surface area contributed by atoms with Crippen molar-refractivity contribution in [3.05, 3.63) is 47.2 Å². The number of hydrogen-bond acceptors (Lipinski definition) is 3. The van der Waals surface area contributed by atoms with Crippen LogP contribution in [0.5, 0.6) is 0 Å². The first-order valence-corrected chi connectivity index (χ1v) is 8.88. The SMILES string of the molecule is CN1CC(CN(C)C(=O)NCc2ccc(-c3ccccc3Cl)o2)CC1=O. The number of rotatable bonds is 5. The van der Waals surface area contributed by atoms with Gasteiger partial charge in [0.1, 0.15) is 11.5 Å². The minimum atomic E-state index is -0.192. The molecule has 2 heterocycles. The summed E-state index contributed by atoms with van der Waals surface area (Å²) < 4.78 is 5.77. The molecule has 0 saturated carbocycles. The molecule has 3 rings (SSSR count). The lowest BCUT2D eigenvalue weighted by Crippen LogP contribution is -2.39. The second kappa shape index (κ2) is 7.83. The van der Waals surface area contributed by atoms with Crippen molar-refractivity contribution < 1.29 is 14.0 Å². The number of halogens is 1. The molecule has 1 unspecified atom stereocenters. The second-order valence-corrected chi connectivity index (χ2v) is 7.04. The highest BCUT2D eigenvalue weighted by Gasteiger charge is 2.28. The monoisotopic (exact) mass is 375 g/mol. The Balaban J connectivity index is 1.52. The van der Waals surface area contributed by atoms with Crippen LogP contribution in [0.3, 0.4) is 0 Å². The summed E-state index contributed by atoms with van der Waals surface area (Å²) in [6.07, 6.45) is 0.494. The number of urea groups is 1. The van der Waals surface area contributed by atoms with Crippen LogP contribution in [-0.2, 0) is 11.3 Å². The van der Waals surface area contributed by atoms with Crippen molar-refractivity contribution in [2.45, 2.75) is 13.0 Å². The Labute approximate surface area is 157 Å². The molecule has 1 atom stereocenters. The first-order valence-electron chi connectivity index (χ1n) is 8.50. The molecule has 0 radical (unpaired) electrons. The van der Waals surface area contributed by atoms with Gasteiger partial charge < -0.3 is 19.5 Å². The third kappa shape index (κ3) is 4.19. The third-order valence-corrected chi connectivity index (χ3v) is 4.84. The fourth-order valence-electron chi connectivity index (χ4n) is 3.13. The van der Waals surface area contributed by atoms with Crippen LogP contribution >= 0.6 is 11.6 Å². The van der Waals surface area contributed by atoms with E-state index in [0.717, 1.165) is 5.56 Å². The number of amides is 3. The lowest BCUT2D eigenvalue weighted by molar-refractivity contribution is -0.126. The second-order valence-electron chi connectivity index (χ2n) is 6.63. The average molecular weight is 376 g/mol. The van der Waals surface area contributed by atoms with Gasteiger partial charge in [0, 0.05) is 45.1 Å². The molecular weight excluding hydrogens is 354 g/mol. The van der Waals surface area contributed by atoms with Gasteiger partial charge in [-0.15, -0.1) is 0 Å². The fraction of sp³-hybridized carbons (Fsp3) is 0.368. The van der Waals surface area contributed by atoms with Crippen molar-refractivity contribution in [1.29, 1.82) is 0 Å². The molecule has 26 heavy (non-hydrogen) atoms. The molecule has 3 amide bonds. The summed E-state index contributed by atoms with van der Waals surface area (Å²) in [7, 11) is 3.52. The van der Waals surface area contributed by atoms with Gasteiger partial charge in [-0.25, -0.2) is 4.79 Å². The largest absolute Gasteiger partial charge is 0.459 e. The van der Waals surface area contributed by atoms with Crippen LogP contribution < -0.4 is 5.32 Å². The van der Waals surface area contributed by atoms with Crippen molar-refractivity contribution in [3.8, 4) is 11.3 Å². The van der Waals surface area contributed by atoms with Crippen molar-refractivity contribution in [2.75, 3.05) is 27.2 Å². The highest BCUT2D eigenvalue weighted by molar-refractivity contribution is 6.33. The topological polar surface area (TPSA) is 65.8 Å². The zero-order valence-corrected chi connectivity index (χ0v) is 15.6. The average Bonchev–Trinajstić information content (AvgIpc) is 3.20. The first-order chi connectivity index (χ1) is 12.4. The van der Waals surface area contributed by atoms with E-state index in [-0.39, 0.29) is 24.4 Å². The van der Waals surface area contributed by atoms with Crippen LogP contribution in [0, 0.1) is 5.92 Å². The van der Waals surface area contributed by atoms with E-state index in [0.29, 0.717) is 36.1 Å². The Morgan fingerprint density at radius 1 is 1.35 bits per heavy atom. The molecule has 1 fully saturated rings. The van der Waals surface area contributed by atoms with Gasteiger partial charge in [-0.3, -0.25) is 4.79 Å². The van der Waals surface area contributed by atoms with Crippen molar-refractivity contribution in [3.63, 3.8) is 0 Å². The molecule has 0 bridgehead atoms. The van der Waals surface area contributed by atoms with Crippen LogP contribution in [0.15, 0.2) is 40.8 Å². The van der Waals surface area contributed by atoms with Crippen molar-refractivity contribution in [2.24, 2.45) is 5.92 Å². The van der Waals surface area contributed by atoms with Crippen LogP contribution in [0.1, 0.15) is 12.2 Å². The summed E-state index contributed by atoms with van der Waals surface area (Å²) in [5, 5.41) is 3.45. The molecule has 0 spiro atoms. The maximum absolute atomic E-state index is 12.3. The summed E-state index contributed by atoms with van der Waals surface area (Å²) in [5.41, 5.74) is 0.818. The van der Waals surface area contributed by atoms with Crippen LogP contribution in [-0.4, -0.2) is 48.9 Å². The van der Waals surface area contributed by atoms with E-state index in [4.69, 9.17) is 16.0 Å². The number of nitrogens with zero attached hydrogens (tertiary/aromatic N) is 2. The van der Waals surface area contributed by atoms with Crippen molar-refractivity contribution >= 4 is 23.5 Å². The molecule has 1 aliphatic rings. The summed E-state index contributed by atoms with van der Waals surface area (Å²) in [6, 6.07) is 10.9. The molecule has 1 aromatic carbocycles. The van der Waals surface area contributed by atoms with E-state index in [2.05, 4.69) is 5.32 Å². The Kier molecular flexibility index (Phi) is 5.52. The van der Waals surface area contributed by atoms with Crippen LogP contribution in [0.25, 0.3) is 11.3 Å². The van der Waals surface area contributed by atoms with Crippen molar-refractivity contribution in [1.82, 2.24) is 15.1 Å². The Bertz CT molecular complexity index is 805. The quantitative estimate of drug-likeness (QED) is 0.872. The van der Waals surface area contributed by atoms with E-state index >= 15 is 0 Å². The maximum atomic E-state index is 12.3. The number of carbonyl (C=O) groups excluding carboxylic acids is 2. The van der Waals surface area contributed by atoms with Gasteiger partial charge in [0.05, 0.1) is 11.6 Å². The molecule has 138 valence electrons. The van der Waals surface area contributed by atoms with E-state index in [1.165, 1.54) is 0 Å². The van der Waals surface area contributed by atoms with Crippen LogP contribution in [0.2, 0.25) is 5.02 Å². The number of likely N-dealkylation sites (tertiary alicyclic amines) is 1. The molecule has 2 aromatic rings. The number of furan rings is 1. The summed E-state index contributed by atoms with van der Waals surface area (Å²) >= 11 is 6.17. The number of hydrogen-bond donors (Lipinski definition) is 1. The van der Waals surface area contributed by atoms with Gasteiger partial charge in [0.25, 0.3) is 0 Å². The van der Waals surface area contributed by atoms with E-state index in [1.54, 1.807) is 30.0 Å². The maximum Gasteiger partial charge on any atom is 0.317 e. The van der Waals surface area contributed by atoms with Crippen LogP contribution in [0.4, 0.5) is 4.79 Å². The predicted molar refractivity (Wildman–Crippen MR) is 99.8 cm³/mol. The van der Waals surface area contributed by atoms with Gasteiger partial charge in [-0.1, -0.05) is 23.7 Å². The Morgan fingerprint density at radius 3 is 2.81 bits per heavy atom. The predicted octanol–water partition coefficient (Wildman–Crippen LogP) is 3.22. The van der Waals surface area contributed by atoms with Gasteiger partial charge in [0.2, 0.25) is 5.91 Å². The molecule has 1 aliphatic heterocycles. The van der Waals surface area contributed by atoms with E-state index in [1.807, 2.05) is 30.3 Å². The molecule has 1 saturated heterocycles. The molecule has 1 N–H and O–H groups in total. The summed E-state index contributed by atoms with van der Waals surface area (Å²) in [5.74, 6) is 1.63. The Morgan fingerprint density at radius 2 is 2.12 bits per heavy atom. The molecule has 1 aromatic heterocycles. The minimum absolute atomic E-state index is 0.131. The van der Waals surface area contributed by atoms with Gasteiger partial charge in [-0.2, -0.15) is 0 Å². The smallest absolute Gasteiger partial charge is 0.317 e. The fourth-order valence-corrected chi connectivity index (χ4v) is 3.35. The summed E-state index contributed by atoms with van der Waals surface area (Å²) in [4.78, 5) is 27.1. The van der Waals surface area contributed by atoms with E-state index in [9.17, 15) is 9.59 Å². The summed E-state index contributed by atoms with van der Waals surface area (Å²) in [6.45, 7) is 1.53. The molecule has 6 nitrogen and oxygen atoms in total. The standard InChI is InChI=1S/C19H22ClN3O3/c1-22-11-13(9-18(22)24)12-23(2)19(25)21-10-14-7-8-17(26-14)15-5-3-4-6-16(15)20/h3-8,13H,9-12H2,1-2H3,(H,21,25). The minimum Gasteiger partial charge on any atom is -0.459 e. The molecule has 0 aliphatic carbocycles. The number of nitrogens with one attached hydrogen (secondary N) is 1. The zero-order chi connectivity index (χ0) is 18.7. The third-order valence-electron chi connectivity index (χ3n) is 4.51. The number of benzene rings is 1. The van der Waals surface area contributed by atoms with E-state index < -0.39 is 0 Å². The zero-order valence-electron chi connectivity index (χ0n) is 14.9. The first kappa shape index (κ1) is 18.3. The number of carbonyl (C=O) groups is 2. The normalized spacial score (nSPS) is 16.8. The molecular formula is C19H22ClN3O3. The lowest BCUT2D eigenvalue weighted by Gasteiger charge is -2.21. The Hall–Kier alpha value is -2.47. The highest BCUT2D eigenvalue weighted by atomic mass is 35.5. The van der Waals surface area contributed by atoms with Gasteiger partial charge in [0.15, 0.2) is 0 Å². The van der Waals surface area contributed by atoms with Gasteiger partial charge >= 0.3 is 6.03 Å². The lowest BCUT2D eigenvalue weighted by atomic mass is 10.1. The molecule has 7 heteroatoms. The van der Waals surface area contributed by atoms with Gasteiger partial charge in [-0.05, 0) is 24.3 Å².